The van der Waals surface area contributed by atoms with Crippen molar-refractivity contribution in [2.24, 2.45) is 53.3 Å². The maximum Gasteiger partial charge on any atom is 0.306 e. The molecule has 0 aromatic carbocycles. The highest BCUT2D eigenvalue weighted by atomic mass is 35.5. The fourth-order valence-corrected chi connectivity index (χ4v) is 12.7. The molecule has 18 unspecified atom stereocenters. The lowest BCUT2D eigenvalue weighted by molar-refractivity contribution is -0.146. The molecule has 9 aliphatic rings. The van der Waals surface area contributed by atoms with Gasteiger partial charge in [0.1, 0.15) is 0 Å². The molecule has 0 aromatic heterocycles. The van der Waals surface area contributed by atoms with Crippen LogP contribution in [0.4, 0.5) is 0 Å². The van der Waals surface area contributed by atoms with Crippen molar-refractivity contribution in [3.8, 4) is 0 Å². The van der Waals surface area contributed by atoms with Gasteiger partial charge in [-0.2, -0.15) is 0 Å². The zero-order valence-electron chi connectivity index (χ0n) is 26.0. The molecule has 10 nitrogen and oxygen atoms in total. The lowest BCUT2D eigenvalue weighted by Gasteiger charge is -2.39. The number of fused-ring (bicyclic) bond motifs is 20. The monoisotopic (exact) mass is 630 g/mol. The van der Waals surface area contributed by atoms with Crippen molar-refractivity contribution in [2.75, 3.05) is 0 Å². The summed E-state index contributed by atoms with van der Waals surface area (Å²) in [5.41, 5.74) is 0. The molecule has 11 heteroatoms. The minimum atomic E-state index is -0.695. The Labute approximate surface area is 267 Å². The van der Waals surface area contributed by atoms with E-state index in [0.29, 0.717) is 54.3 Å². The number of carbonyl (C=O) groups is 1. The van der Waals surface area contributed by atoms with Crippen molar-refractivity contribution in [3.05, 3.63) is 0 Å². The summed E-state index contributed by atoms with van der Waals surface area (Å²) in [6.45, 7) is 0. The SMILES string of the molecule is O=C(O)C1CC(Cl)CC2C3NC4NC(NC5NC(NC6NC(NC(N3)C12)C1CCCCC61)C1CCCCC51)C1CCCCC41. The van der Waals surface area contributed by atoms with E-state index < -0.39 is 11.9 Å². The summed E-state index contributed by atoms with van der Waals surface area (Å²) in [5, 5.41) is 43.1. The van der Waals surface area contributed by atoms with E-state index in [9.17, 15) is 9.90 Å². The minimum absolute atomic E-state index is 0.00434. The number of hydrogen-bond acceptors (Lipinski definition) is 9. The fraction of sp³-hybridized carbons (Fsp3) is 0.970. The van der Waals surface area contributed by atoms with Crippen LogP contribution in [0.5, 0.6) is 0 Å². The Morgan fingerprint density at radius 3 is 1.07 bits per heavy atom. The van der Waals surface area contributed by atoms with Gasteiger partial charge in [-0.05, 0) is 92.8 Å². The highest BCUT2D eigenvalue weighted by Crippen LogP contribution is 2.47. The second-order valence-corrected chi connectivity index (χ2v) is 16.9. The molecule has 5 heterocycles. The van der Waals surface area contributed by atoms with Crippen LogP contribution in [-0.4, -0.2) is 65.8 Å². The number of nitrogens with one attached hydrogen (secondary N) is 8. The summed E-state index contributed by atoms with van der Waals surface area (Å²) in [7, 11) is 0. The van der Waals surface area contributed by atoms with Gasteiger partial charge in [-0.15, -0.1) is 11.6 Å². The predicted octanol–water partition coefficient (Wildman–Crippen LogP) is 2.13. The molecule has 5 aliphatic heterocycles. The van der Waals surface area contributed by atoms with Crippen LogP contribution in [0.15, 0.2) is 0 Å². The van der Waals surface area contributed by atoms with E-state index in [1.54, 1.807) is 0 Å². The quantitative estimate of drug-likeness (QED) is 0.199. The van der Waals surface area contributed by atoms with Gasteiger partial charge in [-0.25, -0.2) is 0 Å². The molecule has 9 rings (SSSR count). The lowest BCUT2D eigenvalue weighted by atomic mass is 9.71. The minimum Gasteiger partial charge on any atom is -0.481 e. The number of carboxylic acids is 1. The highest BCUT2D eigenvalue weighted by molar-refractivity contribution is 6.20. The van der Waals surface area contributed by atoms with Crippen LogP contribution in [-0.2, 0) is 4.79 Å². The summed E-state index contributed by atoms with van der Waals surface area (Å²) in [4.78, 5) is 12.7. The zero-order valence-corrected chi connectivity index (χ0v) is 26.8. The van der Waals surface area contributed by atoms with Gasteiger partial charge in [0.25, 0.3) is 0 Å². The summed E-state index contributed by atoms with van der Waals surface area (Å²) in [5.74, 6) is 2.70. The third kappa shape index (κ3) is 5.00. The van der Waals surface area contributed by atoms with Crippen LogP contribution < -0.4 is 42.5 Å². The second-order valence-electron chi connectivity index (χ2n) is 16.2. The Bertz CT molecular complexity index is 1090. The average molecular weight is 631 g/mol. The molecule has 9 fully saturated rings. The number of rotatable bonds is 1. The van der Waals surface area contributed by atoms with Crippen LogP contribution in [0.2, 0.25) is 0 Å². The van der Waals surface area contributed by atoms with Gasteiger partial charge in [-0.1, -0.05) is 38.5 Å². The molecule has 0 aromatic rings. The summed E-state index contributed by atoms with van der Waals surface area (Å²) >= 11 is 6.83. The van der Waals surface area contributed by atoms with Crippen LogP contribution in [0.3, 0.4) is 0 Å². The summed E-state index contributed by atoms with van der Waals surface area (Å²) in [6.07, 6.45) is 18.4. The molecular formula is C33H55ClN8O2. The van der Waals surface area contributed by atoms with E-state index in [0.717, 1.165) is 6.42 Å². The molecule has 0 radical (unpaired) electrons. The van der Waals surface area contributed by atoms with E-state index in [4.69, 9.17) is 11.6 Å². The maximum atomic E-state index is 12.7. The van der Waals surface area contributed by atoms with Gasteiger partial charge < -0.3 is 5.11 Å². The first-order valence-corrected chi connectivity index (χ1v) is 18.9. The number of halogens is 1. The maximum absolute atomic E-state index is 12.7. The molecule has 246 valence electrons. The molecular weight excluding hydrogens is 576 g/mol. The topological polar surface area (TPSA) is 134 Å². The van der Waals surface area contributed by atoms with E-state index >= 15 is 0 Å². The first-order chi connectivity index (χ1) is 21.5. The van der Waals surface area contributed by atoms with Crippen molar-refractivity contribution >= 4 is 17.6 Å². The van der Waals surface area contributed by atoms with E-state index in [-0.39, 0.29) is 54.2 Å². The number of hydrogen-bond donors (Lipinski definition) is 9. The number of aliphatic carboxylic acids is 1. The third-order valence-corrected chi connectivity index (χ3v) is 14.5. The Hall–Kier alpha value is -0.560. The third-order valence-electron chi connectivity index (χ3n) is 14.2. The average Bonchev–Trinajstić information content (AvgIpc) is 3.76. The number of carboxylic acid groups (broad SMARTS) is 1. The fourth-order valence-electron chi connectivity index (χ4n) is 12.3. The Kier molecular flexibility index (Phi) is 7.96. The van der Waals surface area contributed by atoms with Gasteiger partial charge in [0.15, 0.2) is 0 Å². The van der Waals surface area contributed by atoms with Crippen molar-refractivity contribution in [1.29, 1.82) is 0 Å². The van der Waals surface area contributed by atoms with Gasteiger partial charge in [0.05, 0.1) is 55.2 Å². The van der Waals surface area contributed by atoms with Gasteiger partial charge >= 0.3 is 5.97 Å². The van der Waals surface area contributed by atoms with Crippen molar-refractivity contribution in [2.45, 2.75) is 145 Å². The van der Waals surface area contributed by atoms with Crippen LogP contribution in [0.1, 0.15) is 89.9 Å². The smallest absolute Gasteiger partial charge is 0.306 e. The Morgan fingerprint density at radius 1 is 0.455 bits per heavy atom. The molecule has 0 spiro atoms. The highest BCUT2D eigenvalue weighted by Gasteiger charge is 2.57. The first kappa shape index (κ1) is 29.6. The normalized spacial score (nSPS) is 56.8. The molecule has 5 saturated heterocycles. The van der Waals surface area contributed by atoms with Crippen molar-refractivity contribution < 1.29 is 9.90 Å². The number of alkyl halides is 1. The van der Waals surface area contributed by atoms with Gasteiger partial charge in [0.2, 0.25) is 0 Å². The molecule has 0 amide bonds. The zero-order chi connectivity index (χ0) is 29.5. The van der Waals surface area contributed by atoms with Crippen LogP contribution >= 0.6 is 11.6 Å². The standard InChI is InChI=1S/C33H55ClN8O2/c34-15-13-22-24(23(14-15)33(43)44)32-41-30-21-12-6-5-11-20(21)28(39-30)37-26-17-8-2-1-7-16(17)25(35-26)36-27-18-9-3-4-10-19(18)29(38-27)40-31(22)42-32/h15-32,35-42H,1-14H2,(H,43,44). The molecule has 4 aliphatic carbocycles. The first-order valence-electron chi connectivity index (χ1n) is 18.5. The molecule has 4 saturated carbocycles. The van der Waals surface area contributed by atoms with Gasteiger partial charge in [-0.3, -0.25) is 47.3 Å². The Morgan fingerprint density at radius 2 is 0.750 bits per heavy atom. The van der Waals surface area contributed by atoms with Crippen molar-refractivity contribution in [3.63, 3.8) is 0 Å². The lowest BCUT2D eigenvalue weighted by Crippen LogP contribution is -2.62. The molecule has 8 bridgehead atoms. The van der Waals surface area contributed by atoms with Gasteiger partial charge in [0, 0.05) is 11.3 Å². The van der Waals surface area contributed by atoms with E-state index in [1.165, 1.54) is 77.0 Å². The van der Waals surface area contributed by atoms with Crippen molar-refractivity contribution in [1.82, 2.24) is 42.5 Å². The van der Waals surface area contributed by atoms with Crippen LogP contribution in [0.25, 0.3) is 0 Å². The molecule has 18 atom stereocenters. The summed E-state index contributed by atoms with van der Waals surface area (Å²) < 4.78 is 0. The predicted molar refractivity (Wildman–Crippen MR) is 169 cm³/mol. The van der Waals surface area contributed by atoms with E-state index in [2.05, 4.69) is 42.5 Å². The van der Waals surface area contributed by atoms with E-state index in [1.807, 2.05) is 0 Å². The molecule has 44 heavy (non-hydrogen) atoms. The second kappa shape index (κ2) is 11.8. The Balaban J connectivity index is 1.07. The molecule has 9 N–H and O–H groups in total. The largest absolute Gasteiger partial charge is 0.481 e. The van der Waals surface area contributed by atoms with Crippen LogP contribution in [0, 0.1) is 53.3 Å². The summed E-state index contributed by atoms with van der Waals surface area (Å²) in [6, 6.07) is 0.